The maximum absolute atomic E-state index is 13.5. The number of carbonyl (C=O) groups excluding carboxylic acids is 1. The van der Waals surface area contributed by atoms with E-state index in [4.69, 9.17) is 0 Å². The smallest absolute Gasteiger partial charge is 0.318 e. The normalized spacial score (nSPS) is 11.7. The molecule has 0 radical (unpaired) electrons. The zero-order valence-corrected chi connectivity index (χ0v) is 17.3. The Labute approximate surface area is 169 Å². The zero-order valence-electron chi connectivity index (χ0n) is 15.7. The van der Waals surface area contributed by atoms with Crippen LogP contribution in [0.1, 0.15) is 11.1 Å². The largest absolute Gasteiger partial charge is 0.416 e. The number of benzene rings is 1. The number of halogens is 4. The van der Waals surface area contributed by atoms with Crippen LogP contribution in [0.2, 0.25) is 0 Å². The molecule has 0 aliphatic carbocycles. The maximum atomic E-state index is 13.5. The summed E-state index contributed by atoms with van der Waals surface area (Å²) < 4.78 is 42.6. The number of hydrogen-bond acceptors (Lipinski definition) is 4. The van der Waals surface area contributed by atoms with Crippen molar-refractivity contribution in [2.45, 2.75) is 12.7 Å². The molecule has 0 saturated heterocycles. The molecule has 2 amide bonds. The molecule has 0 saturated carbocycles. The molecule has 11 heteroatoms. The van der Waals surface area contributed by atoms with Gasteiger partial charge in [-0.2, -0.15) is 18.3 Å². The first-order chi connectivity index (χ1) is 13.1. The van der Waals surface area contributed by atoms with Crippen molar-refractivity contribution < 1.29 is 18.0 Å². The zero-order chi connectivity index (χ0) is 20.9. The van der Waals surface area contributed by atoms with Gasteiger partial charge < -0.3 is 15.5 Å². The van der Waals surface area contributed by atoms with E-state index in [2.05, 4.69) is 37.0 Å². The van der Waals surface area contributed by atoms with Crippen molar-refractivity contribution in [2.75, 3.05) is 37.8 Å². The Bertz CT molecular complexity index is 804. The number of rotatable bonds is 7. The number of nitrogens with one attached hydrogen (secondary N) is 3. The van der Waals surface area contributed by atoms with Crippen molar-refractivity contribution >= 4 is 33.5 Å². The number of aryl methyl sites for hydroxylation is 1. The van der Waals surface area contributed by atoms with Crippen LogP contribution < -0.4 is 16.0 Å². The van der Waals surface area contributed by atoms with E-state index < -0.39 is 17.8 Å². The van der Waals surface area contributed by atoms with E-state index in [0.717, 1.165) is 6.07 Å². The summed E-state index contributed by atoms with van der Waals surface area (Å²) in [6.45, 7) is 1.42. The van der Waals surface area contributed by atoms with Gasteiger partial charge in [0.2, 0.25) is 0 Å². The van der Waals surface area contributed by atoms with Crippen LogP contribution in [0.15, 0.2) is 28.9 Å². The van der Waals surface area contributed by atoms with Crippen molar-refractivity contribution in [1.29, 1.82) is 0 Å². The molecule has 0 atom stereocenters. The SMILES string of the molecule is CNCCN(C)Cc1ccc(NC(=O)Nc2cc(Br)n(C)n2)cc1C(F)(F)F. The van der Waals surface area contributed by atoms with Crippen LogP contribution >= 0.6 is 15.9 Å². The summed E-state index contributed by atoms with van der Waals surface area (Å²) in [5, 5.41) is 11.9. The van der Waals surface area contributed by atoms with E-state index in [9.17, 15) is 18.0 Å². The third kappa shape index (κ3) is 6.21. The summed E-state index contributed by atoms with van der Waals surface area (Å²) in [5.74, 6) is 0.269. The summed E-state index contributed by atoms with van der Waals surface area (Å²) in [5.41, 5.74) is -0.589. The van der Waals surface area contributed by atoms with E-state index >= 15 is 0 Å². The standard InChI is InChI=1S/C17H22BrF3N6O/c1-22-6-7-26(2)10-11-4-5-12(8-13(11)17(19,20)21)23-16(28)24-15-9-14(18)27(3)25-15/h4-5,8-9,22H,6-7,10H2,1-3H3,(H2,23,24,25,28). The first kappa shape index (κ1) is 22.2. The Morgan fingerprint density at radius 1 is 1.29 bits per heavy atom. The Balaban J connectivity index is 2.13. The minimum Gasteiger partial charge on any atom is -0.318 e. The summed E-state index contributed by atoms with van der Waals surface area (Å²) in [4.78, 5) is 13.9. The predicted molar refractivity (Wildman–Crippen MR) is 105 cm³/mol. The molecule has 7 nitrogen and oxygen atoms in total. The predicted octanol–water partition coefficient (Wildman–Crippen LogP) is 3.50. The minimum absolute atomic E-state index is 0.0430. The van der Waals surface area contributed by atoms with Gasteiger partial charge in [0.15, 0.2) is 5.82 Å². The molecule has 3 N–H and O–H groups in total. The Morgan fingerprint density at radius 2 is 2.00 bits per heavy atom. The second-order valence-electron chi connectivity index (χ2n) is 6.27. The second kappa shape index (κ2) is 9.39. The van der Waals surface area contributed by atoms with Crippen LogP contribution in [-0.4, -0.2) is 47.9 Å². The molecular weight excluding hydrogens is 441 g/mol. The number of carbonyl (C=O) groups is 1. The van der Waals surface area contributed by atoms with Gasteiger partial charge in [-0.3, -0.25) is 10.00 Å². The highest BCUT2D eigenvalue weighted by atomic mass is 79.9. The molecule has 28 heavy (non-hydrogen) atoms. The summed E-state index contributed by atoms with van der Waals surface area (Å²) in [7, 11) is 5.21. The molecule has 1 heterocycles. The van der Waals surface area contributed by atoms with Gasteiger partial charge in [-0.1, -0.05) is 6.07 Å². The highest BCUT2D eigenvalue weighted by Crippen LogP contribution is 2.34. The lowest BCUT2D eigenvalue weighted by Crippen LogP contribution is -2.28. The van der Waals surface area contributed by atoms with Gasteiger partial charge in [-0.15, -0.1) is 0 Å². The van der Waals surface area contributed by atoms with E-state index in [1.165, 1.54) is 16.8 Å². The average molecular weight is 463 g/mol. The van der Waals surface area contributed by atoms with E-state index in [1.807, 2.05) is 0 Å². The van der Waals surface area contributed by atoms with Crippen LogP contribution in [0.4, 0.5) is 29.5 Å². The van der Waals surface area contributed by atoms with E-state index in [1.54, 1.807) is 32.1 Å². The molecule has 0 aliphatic heterocycles. The average Bonchev–Trinajstić information content (AvgIpc) is 2.90. The van der Waals surface area contributed by atoms with Crippen molar-refractivity contribution in [3.05, 3.63) is 40.0 Å². The van der Waals surface area contributed by atoms with Gasteiger partial charge in [-0.05, 0) is 47.7 Å². The molecule has 0 bridgehead atoms. The molecule has 2 aromatic rings. The van der Waals surface area contributed by atoms with Crippen LogP contribution in [0.3, 0.4) is 0 Å². The summed E-state index contributed by atoms with van der Waals surface area (Å²) in [6.07, 6.45) is -4.53. The van der Waals surface area contributed by atoms with Crippen LogP contribution in [0.25, 0.3) is 0 Å². The molecule has 0 unspecified atom stereocenters. The molecule has 154 valence electrons. The number of anilines is 2. The third-order valence-electron chi connectivity index (χ3n) is 3.92. The number of likely N-dealkylation sites (N-methyl/N-ethyl adjacent to an activating group) is 2. The Hall–Kier alpha value is -2.11. The molecule has 1 aromatic heterocycles. The summed E-state index contributed by atoms with van der Waals surface area (Å²) >= 11 is 3.24. The fraction of sp³-hybridized carbons (Fsp3) is 0.412. The number of amides is 2. The number of alkyl halides is 3. The van der Waals surface area contributed by atoms with Crippen molar-refractivity contribution in [3.63, 3.8) is 0 Å². The molecule has 2 rings (SSSR count). The lowest BCUT2D eigenvalue weighted by Gasteiger charge is -2.20. The van der Waals surface area contributed by atoms with Gasteiger partial charge in [0, 0.05) is 38.4 Å². The lowest BCUT2D eigenvalue weighted by atomic mass is 10.1. The van der Waals surface area contributed by atoms with Crippen LogP contribution in [0, 0.1) is 0 Å². The Morgan fingerprint density at radius 3 is 2.57 bits per heavy atom. The highest BCUT2D eigenvalue weighted by Gasteiger charge is 2.34. The molecule has 0 fully saturated rings. The number of hydrogen-bond donors (Lipinski definition) is 3. The molecular formula is C17H22BrF3N6O. The minimum atomic E-state index is -4.53. The van der Waals surface area contributed by atoms with Crippen molar-refractivity contribution in [2.24, 2.45) is 7.05 Å². The van der Waals surface area contributed by atoms with Gasteiger partial charge in [0.25, 0.3) is 0 Å². The number of aromatic nitrogens is 2. The topological polar surface area (TPSA) is 74.2 Å². The molecule has 0 aliphatic rings. The number of nitrogens with zero attached hydrogens (tertiary/aromatic N) is 3. The fourth-order valence-electron chi connectivity index (χ4n) is 2.51. The lowest BCUT2D eigenvalue weighted by molar-refractivity contribution is -0.138. The first-order valence-corrected chi connectivity index (χ1v) is 9.20. The third-order valence-corrected chi connectivity index (χ3v) is 4.66. The second-order valence-corrected chi connectivity index (χ2v) is 7.08. The maximum Gasteiger partial charge on any atom is 0.416 e. The highest BCUT2D eigenvalue weighted by molar-refractivity contribution is 9.10. The van der Waals surface area contributed by atoms with Crippen LogP contribution in [0.5, 0.6) is 0 Å². The van der Waals surface area contributed by atoms with Crippen LogP contribution in [-0.2, 0) is 19.8 Å². The van der Waals surface area contributed by atoms with E-state index in [0.29, 0.717) is 17.7 Å². The van der Waals surface area contributed by atoms with Gasteiger partial charge in [-0.25, -0.2) is 4.79 Å². The fourth-order valence-corrected chi connectivity index (χ4v) is 2.81. The van der Waals surface area contributed by atoms with Crippen molar-refractivity contribution in [3.8, 4) is 0 Å². The first-order valence-electron chi connectivity index (χ1n) is 8.41. The van der Waals surface area contributed by atoms with Gasteiger partial charge in [0.1, 0.15) is 4.60 Å². The Kier molecular flexibility index (Phi) is 7.44. The molecule has 0 spiro atoms. The quantitative estimate of drug-likeness (QED) is 0.588. The monoisotopic (exact) mass is 462 g/mol. The van der Waals surface area contributed by atoms with Crippen molar-refractivity contribution in [1.82, 2.24) is 20.0 Å². The van der Waals surface area contributed by atoms with Gasteiger partial charge in [0.05, 0.1) is 5.56 Å². The molecule has 1 aromatic carbocycles. The number of urea groups is 1. The van der Waals surface area contributed by atoms with Gasteiger partial charge >= 0.3 is 12.2 Å². The van der Waals surface area contributed by atoms with E-state index in [-0.39, 0.29) is 23.6 Å². The summed E-state index contributed by atoms with van der Waals surface area (Å²) in [6, 6.07) is 4.66.